The predicted octanol–water partition coefficient (Wildman–Crippen LogP) is 3.70. The molecule has 23 heavy (non-hydrogen) atoms. The molecular formula is C18H18N2O2S. The summed E-state index contributed by atoms with van der Waals surface area (Å²) in [6, 6.07) is 9.67. The maximum Gasteiger partial charge on any atom is 0.251 e. The number of anilines is 2. The first-order valence-electron chi connectivity index (χ1n) is 7.49. The summed E-state index contributed by atoms with van der Waals surface area (Å²) in [6.45, 7) is 4.07. The average molecular weight is 326 g/mol. The molecule has 1 aliphatic heterocycles. The number of benzene rings is 1. The third kappa shape index (κ3) is 3.35. The molecule has 0 atom stereocenters. The highest BCUT2D eigenvalue weighted by Gasteiger charge is 2.22. The molecule has 2 aromatic rings. The van der Waals surface area contributed by atoms with E-state index in [-0.39, 0.29) is 11.8 Å². The second-order valence-electron chi connectivity index (χ2n) is 5.56. The number of hydrogen-bond acceptors (Lipinski definition) is 3. The summed E-state index contributed by atoms with van der Waals surface area (Å²) in [6.07, 6.45) is 2.73. The minimum absolute atomic E-state index is 0.0287. The fourth-order valence-electron chi connectivity index (χ4n) is 2.67. The zero-order valence-corrected chi connectivity index (χ0v) is 13.9. The number of carbonyl (C=O) groups is 2. The van der Waals surface area contributed by atoms with Gasteiger partial charge in [0, 0.05) is 35.3 Å². The molecule has 1 aliphatic rings. The van der Waals surface area contributed by atoms with E-state index in [9.17, 15) is 9.59 Å². The Kier molecular flexibility index (Phi) is 4.30. The lowest BCUT2D eigenvalue weighted by molar-refractivity contribution is -0.116. The first-order chi connectivity index (χ1) is 11.0. The van der Waals surface area contributed by atoms with Crippen LogP contribution in [-0.4, -0.2) is 18.4 Å². The van der Waals surface area contributed by atoms with E-state index in [4.69, 9.17) is 0 Å². The van der Waals surface area contributed by atoms with Crippen LogP contribution in [0, 0.1) is 0 Å². The van der Waals surface area contributed by atoms with Crippen molar-refractivity contribution in [3.05, 3.63) is 51.7 Å². The highest BCUT2D eigenvalue weighted by Crippen LogP contribution is 2.31. The molecule has 5 heteroatoms. The maximum absolute atomic E-state index is 12.3. The van der Waals surface area contributed by atoms with Crippen LogP contribution in [-0.2, 0) is 16.0 Å². The fraction of sp³-hybridized carbons (Fsp3) is 0.222. The van der Waals surface area contributed by atoms with E-state index in [1.807, 2.05) is 41.8 Å². The number of fused-ring (bicyclic) bond motifs is 1. The normalized spacial score (nSPS) is 13.8. The van der Waals surface area contributed by atoms with E-state index in [1.165, 1.54) is 0 Å². The highest BCUT2D eigenvalue weighted by atomic mass is 32.1. The van der Waals surface area contributed by atoms with Crippen LogP contribution in [0.2, 0.25) is 0 Å². The molecule has 0 unspecified atom stereocenters. The lowest BCUT2D eigenvalue weighted by Gasteiger charge is -2.16. The van der Waals surface area contributed by atoms with E-state index in [0.29, 0.717) is 17.8 Å². The predicted molar refractivity (Wildman–Crippen MR) is 94.8 cm³/mol. The van der Waals surface area contributed by atoms with Crippen LogP contribution >= 0.6 is 11.3 Å². The second kappa shape index (κ2) is 6.38. The molecule has 118 valence electrons. The van der Waals surface area contributed by atoms with E-state index in [2.05, 4.69) is 5.32 Å². The second-order valence-corrected chi connectivity index (χ2v) is 6.54. The maximum atomic E-state index is 12.3. The summed E-state index contributed by atoms with van der Waals surface area (Å²) < 4.78 is 0. The lowest BCUT2D eigenvalue weighted by Crippen LogP contribution is -2.25. The minimum atomic E-state index is -0.134. The van der Waals surface area contributed by atoms with E-state index in [1.54, 1.807) is 30.1 Å². The first kappa shape index (κ1) is 15.5. The Morgan fingerprint density at radius 3 is 2.78 bits per heavy atom. The van der Waals surface area contributed by atoms with Crippen molar-refractivity contribution in [2.45, 2.75) is 20.3 Å². The molecule has 1 N–H and O–H groups in total. The number of amides is 2. The van der Waals surface area contributed by atoms with Crippen LogP contribution in [0.3, 0.4) is 0 Å². The SMILES string of the molecule is CC(=O)N1CCc2ccc(NC(=O)/C(C)=C/c3cccs3)cc21. The third-order valence-electron chi connectivity index (χ3n) is 3.88. The first-order valence-corrected chi connectivity index (χ1v) is 8.37. The van der Waals surface area contributed by atoms with Crippen LogP contribution in [0.1, 0.15) is 24.3 Å². The van der Waals surface area contributed by atoms with Gasteiger partial charge in [-0.25, -0.2) is 0 Å². The molecule has 0 spiro atoms. The summed E-state index contributed by atoms with van der Waals surface area (Å²) in [4.78, 5) is 26.8. The van der Waals surface area contributed by atoms with Gasteiger partial charge in [-0.2, -0.15) is 0 Å². The van der Waals surface area contributed by atoms with Gasteiger partial charge in [-0.3, -0.25) is 9.59 Å². The van der Waals surface area contributed by atoms with Crippen molar-refractivity contribution in [3.63, 3.8) is 0 Å². The zero-order chi connectivity index (χ0) is 16.4. The molecule has 1 aromatic heterocycles. The molecule has 0 saturated carbocycles. The number of rotatable bonds is 3. The largest absolute Gasteiger partial charge is 0.322 e. The van der Waals surface area contributed by atoms with E-state index < -0.39 is 0 Å². The Labute approximate surface area is 139 Å². The van der Waals surface area contributed by atoms with Crippen molar-refractivity contribution < 1.29 is 9.59 Å². The van der Waals surface area contributed by atoms with Crippen LogP contribution in [0.5, 0.6) is 0 Å². The molecule has 0 radical (unpaired) electrons. The third-order valence-corrected chi connectivity index (χ3v) is 4.70. The number of hydrogen-bond donors (Lipinski definition) is 1. The molecular weight excluding hydrogens is 308 g/mol. The van der Waals surface area contributed by atoms with Crippen molar-refractivity contribution in [1.29, 1.82) is 0 Å². The summed E-state index contributed by atoms with van der Waals surface area (Å²) in [5.74, 6) is -0.105. The van der Waals surface area contributed by atoms with E-state index >= 15 is 0 Å². The number of thiophene rings is 1. The molecule has 3 rings (SSSR count). The van der Waals surface area contributed by atoms with Gasteiger partial charge in [0.2, 0.25) is 5.91 Å². The molecule has 0 saturated heterocycles. The van der Waals surface area contributed by atoms with Gasteiger partial charge in [0.1, 0.15) is 0 Å². The molecule has 0 aliphatic carbocycles. The summed E-state index contributed by atoms with van der Waals surface area (Å²) >= 11 is 1.59. The Morgan fingerprint density at radius 1 is 1.26 bits per heavy atom. The number of nitrogens with one attached hydrogen (secondary N) is 1. The van der Waals surface area contributed by atoms with Crippen LogP contribution < -0.4 is 10.2 Å². The smallest absolute Gasteiger partial charge is 0.251 e. The van der Waals surface area contributed by atoms with Crippen molar-refractivity contribution in [2.75, 3.05) is 16.8 Å². The topological polar surface area (TPSA) is 49.4 Å². The van der Waals surface area contributed by atoms with Gasteiger partial charge < -0.3 is 10.2 Å². The van der Waals surface area contributed by atoms with Crippen molar-refractivity contribution in [2.24, 2.45) is 0 Å². The summed E-state index contributed by atoms with van der Waals surface area (Å²) in [5, 5.41) is 4.88. The van der Waals surface area contributed by atoms with Gasteiger partial charge in [0.15, 0.2) is 0 Å². The Hall–Kier alpha value is -2.40. The molecule has 0 bridgehead atoms. The number of carbonyl (C=O) groups excluding carboxylic acids is 2. The van der Waals surface area contributed by atoms with Crippen molar-refractivity contribution in [1.82, 2.24) is 0 Å². The van der Waals surface area contributed by atoms with Gasteiger partial charge in [-0.05, 0) is 48.6 Å². The van der Waals surface area contributed by atoms with Gasteiger partial charge in [-0.1, -0.05) is 12.1 Å². The molecule has 2 heterocycles. The fourth-order valence-corrected chi connectivity index (χ4v) is 3.38. The molecule has 4 nitrogen and oxygen atoms in total. The van der Waals surface area contributed by atoms with Gasteiger partial charge in [0.05, 0.1) is 0 Å². The standard InChI is InChI=1S/C18H18N2O2S/c1-12(10-16-4-3-9-23-16)18(22)19-15-6-5-14-7-8-20(13(2)21)17(14)11-15/h3-6,9-11H,7-8H2,1-2H3,(H,19,22)/b12-10+. The van der Waals surface area contributed by atoms with Crippen molar-refractivity contribution >= 4 is 40.6 Å². The van der Waals surface area contributed by atoms with Gasteiger partial charge in [0.25, 0.3) is 5.91 Å². The Bertz CT molecular complexity index is 778. The molecule has 0 fully saturated rings. The number of nitrogens with zero attached hydrogens (tertiary/aromatic N) is 1. The van der Waals surface area contributed by atoms with Crippen LogP contribution in [0.25, 0.3) is 6.08 Å². The van der Waals surface area contributed by atoms with E-state index in [0.717, 1.165) is 22.5 Å². The monoisotopic (exact) mass is 326 g/mol. The zero-order valence-electron chi connectivity index (χ0n) is 13.1. The van der Waals surface area contributed by atoms with Crippen molar-refractivity contribution in [3.8, 4) is 0 Å². The minimum Gasteiger partial charge on any atom is -0.322 e. The summed E-state index contributed by atoms with van der Waals surface area (Å²) in [7, 11) is 0. The quantitative estimate of drug-likeness (QED) is 0.874. The lowest BCUT2D eigenvalue weighted by atomic mass is 10.1. The molecule has 2 amide bonds. The highest BCUT2D eigenvalue weighted by molar-refractivity contribution is 7.10. The van der Waals surface area contributed by atoms with Crippen LogP contribution in [0.15, 0.2) is 41.3 Å². The Balaban J connectivity index is 1.77. The Morgan fingerprint density at radius 2 is 2.09 bits per heavy atom. The summed E-state index contributed by atoms with van der Waals surface area (Å²) in [5.41, 5.74) is 3.40. The average Bonchev–Trinajstić information content (AvgIpc) is 3.15. The van der Waals surface area contributed by atoms with Gasteiger partial charge in [-0.15, -0.1) is 11.3 Å². The van der Waals surface area contributed by atoms with Crippen LogP contribution in [0.4, 0.5) is 11.4 Å². The van der Waals surface area contributed by atoms with Gasteiger partial charge >= 0.3 is 0 Å². The molecule has 1 aromatic carbocycles.